The lowest BCUT2D eigenvalue weighted by Crippen LogP contribution is -2.55. The quantitative estimate of drug-likeness (QED) is 0.631. The van der Waals surface area contributed by atoms with Crippen LogP contribution in [0.4, 0.5) is 0 Å². The van der Waals surface area contributed by atoms with Gasteiger partial charge >= 0.3 is 0 Å². The van der Waals surface area contributed by atoms with Crippen LogP contribution in [0.25, 0.3) is 0 Å². The van der Waals surface area contributed by atoms with Crippen LogP contribution < -0.4 is 0 Å². The van der Waals surface area contributed by atoms with Gasteiger partial charge in [-0.15, -0.1) is 11.6 Å². The molecule has 0 aromatic heterocycles. The van der Waals surface area contributed by atoms with Crippen molar-refractivity contribution in [1.29, 1.82) is 0 Å². The normalized spacial score (nSPS) is 49.8. The molecule has 15 heavy (non-hydrogen) atoms. The molecule has 2 saturated carbocycles. The number of halogens is 1. The maximum absolute atomic E-state index is 10.8. The van der Waals surface area contributed by atoms with Gasteiger partial charge in [0.05, 0.1) is 5.60 Å². The van der Waals surface area contributed by atoms with Crippen molar-refractivity contribution in [1.82, 2.24) is 0 Å². The molecule has 0 aromatic rings. The standard InChI is InChI=1S/C13H23ClO/c1-9-4-5-11-12(2,3)7-10(14)8-13(11,15)6-9/h9-11,15H,4-8H2,1-3H3/t9-,10-,11-,13+/m1/s1. The summed E-state index contributed by atoms with van der Waals surface area (Å²) in [6, 6.07) is 0. The number of hydrogen-bond donors (Lipinski definition) is 1. The topological polar surface area (TPSA) is 20.2 Å². The summed E-state index contributed by atoms with van der Waals surface area (Å²) >= 11 is 6.30. The lowest BCUT2D eigenvalue weighted by atomic mass is 9.55. The lowest BCUT2D eigenvalue weighted by Gasteiger charge is -2.54. The van der Waals surface area contributed by atoms with Crippen LogP contribution in [0.1, 0.15) is 52.9 Å². The van der Waals surface area contributed by atoms with Crippen molar-refractivity contribution < 1.29 is 5.11 Å². The first-order valence-corrected chi connectivity index (χ1v) is 6.63. The van der Waals surface area contributed by atoms with Crippen LogP contribution in [0.15, 0.2) is 0 Å². The molecular formula is C13H23ClO. The van der Waals surface area contributed by atoms with Gasteiger partial charge in [0.1, 0.15) is 0 Å². The first-order chi connectivity index (χ1) is 6.83. The second kappa shape index (κ2) is 3.63. The van der Waals surface area contributed by atoms with Crippen molar-refractivity contribution in [3.63, 3.8) is 0 Å². The van der Waals surface area contributed by atoms with Crippen molar-refractivity contribution in [3.8, 4) is 0 Å². The molecule has 0 amide bonds. The van der Waals surface area contributed by atoms with E-state index in [-0.39, 0.29) is 10.8 Å². The fraction of sp³-hybridized carbons (Fsp3) is 1.00. The van der Waals surface area contributed by atoms with E-state index in [1.54, 1.807) is 0 Å². The first kappa shape index (κ1) is 11.7. The Bertz CT molecular complexity index is 247. The maximum Gasteiger partial charge on any atom is 0.0697 e. The van der Waals surface area contributed by atoms with Gasteiger partial charge in [0.15, 0.2) is 0 Å². The number of rotatable bonds is 0. The van der Waals surface area contributed by atoms with Crippen LogP contribution in [-0.2, 0) is 0 Å². The fourth-order valence-corrected chi connectivity index (χ4v) is 4.74. The molecule has 0 spiro atoms. The molecule has 4 atom stereocenters. The highest BCUT2D eigenvalue weighted by Crippen LogP contribution is 2.54. The Kier molecular flexibility index (Phi) is 2.84. The van der Waals surface area contributed by atoms with Gasteiger partial charge in [-0.2, -0.15) is 0 Å². The summed E-state index contributed by atoms with van der Waals surface area (Å²) in [6.45, 7) is 6.79. The van der Waals surface area contributed by atoms with E-state index in [1.165, 1.54) is 12.8 Å². The molecule has 0 radical (unpaired) electrons. The maximum atomic E-state index is 10.8. The van der Waals surface area contributed by atoms with Gasteiger partial charge in [0, 0.05) is 5.38 Å². The smallest absolute Gasteiger partial charge is 0.0697 e. The van der Waals surface area contributed by atoms with E-state index in [1.807, 2.05) is 0 Å². The molecule has 88 valence electrons. The molecule has 2 aliphatic rings. The van der Waals surface area contributed by atoms with Crippen LogP contribution >= 0.6 is 11.6 Å². The Balaban J connectivity index is 2.25. The minimum atomic E-state index is -0.480. The fourth-order valence-electron chi connectivity index (χ4n) is 4.08. The summed E-state index contributed by atoms with van der Waals surface area (Å²) in [5.41, 5.74) is -0.272. The zero-order valence-corrected chi connectivity index (χ0v) is 10.8. The van der Waals surface area contributed by atoms with Crippen LogP contribution in [-0.4, -0.2) is 16.1 Å². The Labute approximate surface area is 98.2 Å². The van der Waals surface area contributed by atoms with Gasteiger partial charge in [-0.3, -0.25) is 0 Å². The van der Waals surface area contributed by atoms with Gasteiger partial charge in [-0.1, -0.05) is 27.2 Å². The SMILES string of the molecule is C[C@@H]1CC[C@@H]2C(C)(C)C[C@@H](Cl)C[C@@]2(O)C1. The molecule has 1 nitrogen and oxygen atoms in total. The Morgan fingerprint density at radius 1 is 1.13 bits per heavy atom. The molecule has 0 bridgehead atoms. The molecule has 2 fully saturated rings. The zero-order chi connectivity index (χ0) is 11.3. The molecule has 0 aromatic carbocycles. The van der Waals surface area contributed by atoms with Crippen molar-refractivity contribution in [2.24, 2.45) is 17.3 Å². The molecule has 1 N–H and O–H groups in total. The van der Waals surface area contributed by atoms with E-state index in [2.05, 4.69) is 20.8 Å². The first-order valence-electron chi connectivity index (χ1n) is 6.20. The number of hydrogen-bond acceptors (Lipinski definition) is 1. The van der Waals surface area contributed by atoms with Gasteiger partial charge in [-0.05, 0) is 42.9 Å². The van der Waals surface area contributed by atoms with E-state index in [0.29, 0.717) is 11.8 Å². The van der Waals surface area contributed by atoms with Crippen LogP contribution in [0.5, 0.6) is 0 Å². The molecule has 0 saturated heterocycles. The van der Waals surface area contributed by atoms with E-state index in [0.717, 1.165) is 19.3 Å². The summed E-state index contributed by atoms with van der Waals surface area (Å²) in [7, 11) is 0. The van der Waals surface area contributed by atoms with Gasteiger partial charge < -0.3 is 5.11 Å². The highest BCUT2D eigenvalue weighted by molar-refractivity contribution is 6.20. The second-order valence-corrected chi connectivity index (χ2v) is 7.15. The Morgan fingerprint density at radius 2 is 1.80 bits per heavy atom. The summed E-state index contributed by atoms with van der Waals surface area (Å²) in [4.78, 5) is 0. The minimum Gasteiger partial charge on any atom is -0.390 e. The molecule has 0 aliphatic heterocycles. The van der Waals surface area contributed by atoms with Crippen molar-refractivity contribution in [2.45, 2.75) is 63.9 Å². The molecule has 2 aliphatic carbocycles. The summed E-state index contributed by atoms with van der Waals surface area (Å²) in [5.74, 6) is 1.11. The summed E-state index contributed by atoms with van der Waals surface area (Å²) in [5, 5.41) is 10.9. The highest BCUT2D eigenvalue weighted by Gasteiger charge is 2.52. The minimum absolute atomic E-state index is 0.159. The third-order valence-electron chi connectivity index (χ3n) is 4.56. The summed E-state index contributed by atoms with van der Waals surface area (Å²) < 4.78 is 0. The Morgan fingerprint density at radius 3 is 2.47 bits per heavy atom. The number of aliphatic hydroxyl groups is 1. The molecule has 2 heteroatoms. The predicted octanol–water partition coefficient (Wildman–Crippen LogP) is 3.58. The molecule has 0 heterocycles. The lowest BCUT2D eigenvalue weighted by molar-refractivity contribution is -0.134. The van der Waals surface area contributed by atoms with Gasteiger partial charge in [0.2, 0.25) is 0 Å². The average Bonchev–Trinajstić information content (AvgIpc) is 1.97. The summed E-state index contributed by atoms with van der Waals surface area (Å²) in [6.07, 6.45) is 5.24. The third kappa shape index (κ3) is 2.06. The predicted molar refractivity (Wildman–Crippen MR) is 64.1 cm³/mol. The van der Waals surface area contributed by atoms with Gasteiger partial charge in [0.25, 0.3) is 0 Å². The average molecular weight is 231 g/mol. The second-order valence-electron chi connectivity index (χ2n) is 6.54. The third-order valence-corrected chi connectivity index (χ3v) is 4.87. The largest absolute Gasteiger partial charge is 0.390 e. The van der Waals surface area contributed by atoms with Crippen LogP contribution in [0.2, 0.25) is 0 Å². The van der Waals surface area contributed by atoms with Crippen molar-refractivity contribution >= 4 is 11.6 Å². The number of alkyl halides is 1. The Hall–Kier alpha value is 0.250. The molecule has 2 rings (SSSR count). The highest BCUT2D eigenvalue weighted by atomic mass is 35.5. The van der Waals surface area contributed by atoms with E-state index >= 15 is 0 Å². The van der Waals surface area contributed by atoms with E-state index < -0.39 is 5.60 Å². The molecular weight excluding hydrogens is 208 g/mol. The van der Waals surface area contributed by atoms with Crippen molar-refractivity contribution in [2.75, 3.05) is 0 Å². The van der Waals surface area contributed by atoms with Gasteiger partial charge in [-0.25, -0.2) is 0 Å². The van der Waals surface area contributed by atoms with Crippen molar-refractivity contribution in [3.05, 3.63) is 0 Å². The number of fused-ring (bicyclic) bond motifs is 1. The monoisotopic (exact) mass is 230 g/mol. The molecule has 0 unspecified atom stereocenters. The van der Waals surface area contributed by atoms with Crippen LogP contribution in [0.3, 0.4) is 0 Å². The van der Waals surface area contributed by atoms with Crippen LogP contribution in [0, 0.1) is 17.3 Å². The zero-order valence-electron chi connectivity index (χ0n) is 10.1. The van der Waals surface area contributed by atoms with E-state index in [9.17, 15) is 5.11 Å². The van der Waals surface area contributed by atoms with E-state index in [4.69, 9.17) is 11.6 Å².